The summed E-state index contributed by atoms with van der Waals surface area (Å²) in [4.78, 5) is 16.5. The molecule has 4 nitrogen and oxygen atoms in total. The van der Waals surface area contributed by atoms with Gasteiger partial charge < -0.3 is 10.6 Å². The van der Waals surface area contributed by atoms with E-state index < -0.39 is 0 Å². The highest BCUT2D eigenvalue weighted by Gasteiger charge is 2.14. The summed E-state index contributed by atoms with van der Waals surface area (Å²) >= 11 is 0. The van der Waals surface area contributed by atoms with E-state index in [9.17, 15) is 4.79 Å². The van der Waals surface area contributed by atoms with Crippen LogP contribution in [-0.2, 0) is 4.79 Å². The zero-order valence-corrected chi connectivity index (χ0v) is 14.0. The first-order valence-corrected chi connectivity index (χ1v) is 8.22. The van der Waals surface area contributed by atoms with Crippen LogP contribution in [0.25, 0.3) is 0 Å². The Morgan fingerprint density at radius 1 is 1.09 bits per heavy atom. The molecule has 1 aromatic carbocycles. The molecule has 0 aliphatic rings. The molecule has 2 N–H and O–H groups in total. The molecule has 0 saturated carbocycles. The van der Waals surface area contributed by atoms with E-state index >= 15 is 0 Å². The molecule has 1 heterocycles. The van der Waals surface area contributed by atoms with Gasteiger partial charge in [-0.1, -0.05) is 44.2 Å². The van der Waals surface area contributed by atoms with Gasteiger partial charge in [-0.15, -0.1) is 0 Å². The molecule has 4 heteroatoms. The molecular weight excluding hydrogens is 286 g/mol. The number of carbonyl (C=O) groups is 1. The highest BCUT2D eigenvalue weighted by molar-refractivity contribution is 5.92. The molecule has 0 bridgehead atoms. The van der Waals surface area contributed by atoms with Crippen molar-refractivity contribution in [1.29, 1.82) is 0 Å². The summed E-state index contributed by atoms with van der Waals surface area (Å²) in [6.07, 6.45) is 3.40. The quantitative estimate of drug-likeness (QED) is 0.784. The largest absolute Gasteiger partial charge is 0.364 e. The number of rotatable bonds is 7. The topological polar surface area (TPSA) is 54.0 Å². The Hall–Kier alpha value is -2.36. The van der Waals surface area contributed by atoms with E-state index in [2.05, 4.69) is 34.7 Å². The van der Waals surface area contributed by atoms with Crippen LogP contribution in [0.1, 0.15) is 45.2 Å². The van der Waals surface area contributed by atoms with E-state index in [4.69, 9.17) is 0 Å². The van der Waals surface area contributed by atoms with Crippen LogP contribution in [0.4, 0.5) is 11.5 Å². The maximum absolute atomic E-state index is 12.1. The van der Waals surface area contributed by atoms with Crippen LogP contribution in [0.5, 0.6) is 0 Å². The molecule has 23 heavy (non-hydrogen) atoms. The second-order valence-electron chi connectivity index (χ2n) is 5.71. The average Bonchev–Trinajstić information content (AvgIpc) is 2.58. The number of benzene rings is 1. The Kier molecular flexibility index (Phi) is 6.15. The molecule has 1 amide bonds. The van der Waals surface area contributed by atoms with Crippen molar-refractivity contribution < 1.29 is 4.79 Å². The summed E-state index contributed by atoms with van der Waals surface area (Å²) in [6.45, 7) is 6.16. The lowest BCUT2D eigenvalue weighted by atomic mass is 10.0. The van der Waals surface area contributed by atoms with Gasteiger partial charge in [-0.05, 0) is 37.5 Å². The van der Waals surface area contributed by atoms with E-state index in [1.165, 1.54) is 5.56 Å². The zero-order valence-electron chi connectivity index (χ0n) is 14.0. The smallest absolute Gasteiger partial charge is 0.227 e. The van der Waals surface area contributed by atoms with Gasteiger partial charge in [0, 0.05) is 12.0 Å². The lowest BCUT2D eigenvalue weighted by Crippen LogP contribution is -2.21. The molecule has 0 spiro atoms. The highest BCUT2D eigenvalue weighted by Crippen LogP contribution is 2.19. The maximum atomic E-state index is 12.1. The number of carbonyl (C=O) groups excluding carboxylic acids is 1. The molecule has 2 rings (SSSR count). The van der Waals surface area contributed by atoms with Gasteiger partial charge in [0.15, 0.2) is 0 Å². The summed E-state index contributed by atoms with van der Waals surface area (Å²) in [7, 11) is 0. The van der Waals surface area contributed by atoms with Gasteiger partial charge in [0.25, 0.3) is 0 Å². The molecule has 1 aromatic heterocycles. The monoisotopic (exact) mass is 311 g/mol. The van der Waals surface area contributed by atoms with Crippen LogP contribution < -0.4 is 10.6 Å². The SMILES string of the molecule is CCC(CC)C(=O)Nc1ccc(NC(C)c2ccccc2)nc1. The maximum Gasteiger partial charge on any atom is 0.227 e. The Morgan fingerprint density at radius 3 is 2.35 bits per heavy atom. The molecule has 0 fully saturated rings. The number of nitrogens with zero attached hydrogens (tertiary/aromatic N) is 1. The fourth-order valence-electron chi connectivity index (χ4n) is 2.50. The molecule has 122 valence electrons. The van der Waals surface area contributed by atoms with Crippen molar-refractivity contribution in [3.63, 3.8) is 0 Å². The van der Waals surface area contributed by atoms with Gasteiger partial charge in [0.05, 0.1) is 11.9 Å². The summed E-state index contributed by atoms with van der Waals surface area (Å²) in [5.74, 6) is 0.919. The van der Waals surface area contributed by atoms with Crippen LogP contribution in [0.15, 0.2) is 48.7 Å². The van der Waals surface area contributed by atoms with Gasteiger partial charge in [0.2, 0.25) is 5.91 Å². The van der Waals surface area contributed by atoms with Crippen LogP contribution in [0.3, 0.4) is 0 Å². The number of hydrogen-bond donors (Lipinski definition) is 2. The first kappa shape index (κ1) is 17.0. The van der Waals surface area contributed by atoms with Crippen molar-refractivity contribution in [3.8, 4) is 0 Å². The third kappa shape index (κ3) is 4.81. The van der Waals surface area contributed by atoms with Gasteiger partial charge in [-0.3, -0.25) is 4.79 Å². The fourth-order valence-corrected chi connectivity index (χ4v) is 2.50. The third-order valence-electron chi connectivity index (χ3n) is 4.05. The van der Waals surface area contributed by atoms with Crippen LogP contribution in [0, 0.1) is 5.92 Å². The van der Waals surface area contributed by atoms with Crippen LogP contribution in [-0.4, -0.2) is 10.9 Å². The van der Waals surface area contributed by atoms with Crippen molar-refractivity contribution in [1.82, 2.24) is 4.98 Å². The van der Waals surface area contributed by atoms with Crippen LogP contribution in [0.2, 0.25) is 0 Å². The number of aromatic nitrogens is 1. The highest BCUT2D eigenvalue weighted by atomic mass is 16.1. The molecular formula is C19H25N3O. The van der Waals surface area contributed by atoms with Crippen LogP contribution >= 0.6 is 0 Å². The Morgan fingerprint density at radius 2 is 1.78 bits per heavy atom. The molecule has 0 radical (unpaired) electrons. The third-order valence-corrected chi connectivity index (χ3v) is 4.05. The number of anilines is 2. The first-order chi connectivity index (χ1) is 11.1. The molecule has 1 atom stereocenters. The second-order valence-corrected chi connectivity index (χ2v) is 5.71. The minimum atomic E-state index is 0.0610. The Labute approximate surface area is 138 Å². The van der Waals surface area contributed by atoms with Gasteiger partial charge in [0.1, 0.15) is 5.82 Å². The number of amides is 1. The van der Waals surface area contributed by atoms with Crippen molar-refractivity contribution in [2.45, 2.75) is 39.7 Å². The second kappa shape index (κ2) is 8.32. The van der Waals surface area contributed by atoms with E-state index in [0.717, 1.165) is 24.3 Å². The Balaban J connectivity index is 1.96. The molecule has 0 aliphatic heterocycles. The first-order valence-electron chi connectivity index (χ1n) is 8.22. The molecule has 2 aromatic rings. The normalized spacial score (nSPS) is 12.0. The van der Waals surface area contributed by atoms with E-state index in [1.807, 2.05) is 44.2 Å². The van der Waals surface area contributed by atoms with Crippen molar-refractivity contribution in [2.75, 3.05) is 10.6 Å². The van der Waals surface area contributed by atoms with E-state index in [0.29, 0.717) is 0 Å². The number of hydrogen-bond acceptors (Lipinski definition) is 3. The molecule has 0 aliphatic carbocycles. The fraction of sp³-hybridized carbons (Fsp3) is 0.368. The molecule has 1 unspecified atom stereocenters. The van der Waals surface area contributed by atoms with Gasteiger partial charge >= 0.3 is 0 Å². The molecule has 0 saturated heterocycles. The van der Waals surface area contributed by atoms with Crippen molar-refractivity contribution >= 4 is 17.4 Å². The minimum Gasteiger partial charge on any atom is -0.364 e. The standard InChI is InChI=1S/C19H25N3O/c1-4-15(5-2)19(23)22-17-11-12-18(20-13-17)21-14(3)16-9-7-6-8-10-16/h6-15H,4-5H2,1-3H3,(H,20,21)(H,22,23). The number of pyridine rings is 1. The lowest BCUT2D eigenvalue weighted by Gasteiger charge is -2.16. The summed E-state index contributed by atoms with van der Waals surface area (Å²) in [6, 6.07) is 14.2. The van der Waals surface area contributed by atoms with E-state index in [1.54, 1.807) is 6.20 Å². The van der Waals surface area contributed by atoms with Crippen molar-refractivity contribution in [3.05, 3.63) is 54.2 Å². The lowest BCUT2D eigenvalue weighted by molar-refractivity contribution is -0.120. The summed E-state index contributed by atoms with van der Waals surface area (Å²) in [5, 5.41) is 6.29. The summed E-state index contributed by atoms with van der Waals surface area (Å²) in [5.41, 5.74) is 1.94. The van der Waals surface area contributed by atoms with Gasteiger partial charge in [-0.2, -0.15) is 0 Å². The predicted octanol–water partition coefficient (Wildman–Crippen LogP) is 4.63. The summed E-state index contributed by atoms with van der Waals surface area (Å²) < 4.78 is 0. The average molecular weight is 311 g/mol. The number of nitrogens with one attached hydrogen (secondary N) is 2. The minimum absolute atomic E-state index is 0.0610. The predicted molar refractivity (Wildman–Crippen MR) is 95.4 cm³/mol. The zero-order chi connectivity index (χ0) is 16.7. The Bertz CT molecular complexity index is 606. The van der Waals surface area contributed by atoms with Gasteiger partial charge in [-0.25, -0.2) is 4.98 Å². The van der Waals surface area contributed by atoms with E-state index in [-0.39, 0.29) is 17.9 Å². The van der Waals surface area contributed by atoms with Crippen molar-refractivity contribution in [2.24, 2.45) is 5.92 Å².